The van der Waals surface area contributed by atoms with E-state index in [1.165, 1.54) is 6.07 Å². The van der Waals surface area contributed by atoms with Crippen molar-refractivity contribution in [2.75, 3.05) is 13.1 Å². The molecule has 0 bridgehead atoms. The molecule has 110 valence electrons. The first-order valence-electron chi connectivity index (χ1n) is 6.44. The summed E-state index contributed by atoms with van der Waals surface area (Å²) in [6.45, 7) is 1.41. The number of aromatic nitrogens is 1. The molecule has 1 saturated heterocycles. The van der Waals surface area contributed by atoms with Crippen molar-refractivity contribution >= 4 is 5.91 Å². The Morgan fingerprint density at radius 1 is 1.35 bits per heavy atom. The molecule has 0 unspecified atom stereocenters. The van der Waals surface area contributed by atoms with Crippen LogP contribution < -0.4 is 5.73 Å². The molecule has 2 heterocycles. The predicted octanol–water partition coefficient (Wildman–Crippen LogP) is 1.59. The van der Waals surface area contributed by atoms with Crippen molar-refractivity contribution in [2.24, 2.45) is 5.73 Å². The van der Waals surface area contributed by atoms with E-state index < -0.39 is 17.9 Å². The molecule has 1 amide bonds. The predicted molar refractivity (Wildman–Crippen MR) is 66.7 cm³/mol. The molecule has 20 heavy (non-hydrogen) atoms. The van der Waals surface area contributed by atoms with Gasteiger partial charge in [-0.1, -0.05) is 6.07 Å². The molecule has 1 aliphatic heterocycles. The molecular formula is C13H16F3N3O. The van der Waals surface area contributed by atoms with Gasteiger partial charge in [-0.2, -0.15) is 13.2 Å². The van der Waals surface area contributed by atoms with E-state index in [2.05, 4.69) is 4.98 Å². The van der Waals surface area contributed by atoms with Crippen LogP contribution in [0.3, 0.4) is 0 Å². The highest BCUT2D eigenvalue weighted by Crippen LogP contribution is 2.27. The Morgan fingerprint density at radius 3 is 2.50 bits per heavy atom. The maximum Gasteiger partial charge on any atom is 0.433 e. The van der Waals surface area contributed by atoms with Crippen molar-refractivity contribution in [1.29, 1.82) is 0 Å². The van der Waals surface area contributed by atoms with Gasteiger partial charge in [0.05, 0.1) is 6.04 Å². The number of alkyl halides is 3. The Balaban J connectivity index is 1.97. The molecule has 7 heteroatoms. The van der Waals surface area contributed by atoms with E-state index in [4.69, 9.17) is 5.73 Å². The first-order chi connectivity index (χ1) is 9.38. The van der Waals surface area contributed by atoms with Gasteiger partial charge < -0.3 is 10.6 Å². The van der Waals surface area contributed by atoms with Gasteiger partial charge in [-0.3, -0.25) is 9.78 Å². The standard InChI is InChI=1S/C13H16F3N3O/c14-13(15,16)11-4-3-9(8-18-11)7-10(17)12(20)19-5-1-2-6-19/h3-4,8,10H,1-2,5-7,17H2/t10-/m1/s1. The van der Waals surface area contributed by atoms with Crippen LogP contribution in [0.25, 0.3) is 0 Å². The molecule has 1 aromatic rings. The number of nitrogens with two attached hydrogens (primary N) is 1. The molecule has 0 radical (unpaired) electrons. The number of rotatable bonds is 3. The van der Waals surface area contributed by atoms with Crippen LogP contribution in [0.5, 0.6) is 0 Å². The summed E-state index contributed by atoms with van der Waals surface area (Å²) in [6, 6.07) is 1.49. The largest absolute Gasteiger partial charge is 0.433 e. The number of amides is 1. The van der Waals surface area contributed by atoms with Crippen LogP contribution in [-0.4, -0.2) is 34.9 Å². The fourth-order valence-corrected chi connectivity index (χ4v) is 2.23. The molecule has 1 aliphatic rings. The van der Waals surface area contributed by atoms with Crippen molar-refractivity contribution in [3.8, 4) is 0 Å². The second-order valence-corrected chi connectivity index (χ2v) is 4.89. The number of halogens is 3. The molecule has 0 spiro atoms. The number of hydrogen-bond acceptors (Lipinski definition) is 3. The topological polar surface area (TPSA) is 59.2 Å². The number of nitrogens with zero attached hydrogens (tertiary/aromatic N) is 2. The zero-order chi connectivity index (χ0) is 14.8. The minimum absolute atomic E-state index is 0.151. The van der Waals surface area contributed by atoms with Crippen molar-refractivity contribution in [1.82, 2.24) is 9.88 Å². The summed E-state index contributed by atoms with van der Waals surface area (Å²) in [5, 5.41) is 0. The Labute approximate surface area is 114 Å². The van der Waals surface area contributed by atoms with E-state index in [1.54, 1.807) is 4.90 Å². The average molecular weight is 287 g/mol. The minimum Gasteiger partial charge on any atom is -0.341 e. The second kappa shape index (κ2) is 5.78. The SMILES string of the molecule is N[C@H](Cc1ccc(C(F)(F)F)nc1)C(=O)N1CCCC1. The van der Waals surface area contributed by atoms with Crippen molar-refractivity contribution in [3.05, 3.63) is 29.6 Å². The third-order valence-electron chi connectivity index (χ3n) is 3.31. The van der Waals surface area contributed by atoms with E-state index in [0.29, 0.717) is 18.7 Å². The summed E-state index contributed by atoms with van der Waals surface area (Å²) in [6.07, 6.45) is -1.19. The first kappa shape index (κ1) is 14.8. The van der Waals surface area contributed by atoms with Gasteiger partial charge in [0.15, 0.2) is 0 Å². The van der Waals surface area contributed by atoms with Gasteiger partial charge >= 0.3 is 6.18 Å². The normalized spacial score (nSPS) is 17.3. The maximum absolute atomic E-state index is 12.4. The van der Waals surface area contributed by atoms with Gasteiger partial charge in [-0.05, 0) is 30.9 Å². The second-order valence-electron chi connectivity index (χ2n) is 4.89. The number of likely N-dealkylation sites (tertiary alicyclic amines) is 1. The summed E-state index contributed by atoms with van der Waals surface area (Å²) in [5.74, 6) is -0.151. The van der Waals surface area contributed by atoms with Crippen LogP contribution in [-0.2, 0) is 17.4 Å². The smallest absolute Gasteiger partial charge is 0.341 e. The summed E-state index contributed by atoms with van der Waals surface area (Å²) in [4.78, 5) is 17.0. The third kappa shape index (κ3) is 3.47. The lowest BCUT2D eigenvalue weighted by atomic mass is 10.1. The van der Waals surface area contributed by atoms with E-state index in [1.807, 2.05) is 0 Å². The van der Waals surface area contributed by atoms with Gasteiger partial charge in [0.2, 0.25) is 5.91 Å². The quantitative estimate of drug-likeness (QED) is 0.918. The molecule has 0 aliphatic carbocycles. The van der Waals surface area contributed by atoms with E-state index >= 15 is 0 Å². The van der Waals surface area contributed by atoms with Gasteiger partial charge in [0, 0.05) is 19.3 Å². The Bertz CT molecular complexity index is 467. The summed E-state index contributed by atoms with van der Waals surface area (Å²) in [7, 11) is 0. The molecule has 2 N–H and O–H groups in total. The highest BCUT2D eigenvalue weighted by atomic mass is 19.4. The molecule has 1 aromatic heterocycles. The van der Waals surface area contributed by atoms with Gasteiger partial charge in [-0.25, -0.2) is 0 Å². The molecule has 4 nitrogen and oxygen atoms in total. The number of hydrogen-bond donors (Lipinski definition) is 1. The molecule has 0 aromatic carbocycles. The lowest BCUT2D eigenvalue weighted by Gasteiger charge is -2.20. The van der Waals surface area contributed by atoms with E-state index in [0.717, 1.165) is 25.1 Å². The Morgan fingerprint density at radius 2 is 2.00 bits per heavy atom. The van der Waals surface area contributed by atoms with Gasteiger partial charge in [0.1, 0.15) is 5.69 Å². The van der Waals surface area contributed by atoms with Crippen molar-refractivity contribution in [2.45, 2.75) is 31.5 Å². The fourth-order valence-electron chi connectivity index (χ4n) is 2.23. The zero-order valence-electron chi connectivity index (χ0n) is 10.9. The van der Waals surface area contributed by atoms with Gasteiger partial charge in [0.25, 0.3) is 0 Å². The Hall–Kier alpha value is -1.63. The first-order valence-corrected chi connectivity index (χ1v) is 6.44. The van der Waals surface area contributed by atoms with Crippen LogP contribution in [0.2, 0.25) is 0 Å². The molecule has 2 rings (SSSR count). The van der Waals surface area contributed by atoms with Crippen molar-refractivity contribution in [3.63, 3.8) is 0 Å². The molecule has 1 fully saturated rings. The average Bonchev–Trinajstić information content (AvgIpc) is 2.91. The van der Waals surface area contributed by atoms with Gasteiger partial charge in [-0.15, -0.1) is 0 Å². The highest BCUT2D eigenvalue weighted by molar-refractivity contribution is 5.82. The van der Waals surface area contributed by atoms with Crippen LogP contribution in [0.15, 0.2) is 18.3 Å². The van der Waals surface area contributed by atoms with Crippen LogP contribution in [0, 0.1) is 0 Å². The lowest BCUT2D eigenvalue weighted by molar-refractivity contribution is -0.141. The van der Waals surface area contributed by atoms with Crippen molar-refractivity contribution < 1.29 is 18.0 Å². The number of pyridine rings is 1. The lowest BCUT2D eigenvalue weighted by Crippen LogP contribution is -2.43. The third-order valence-corrected chi connectivity index (χ3v) is 3.31. The van der Waals surface area contributed by atoms with Crippen LogP contribution in [0.4, 0.5) is 13.2 Å². The van der Waals surface area contributed by atoms with Crippen LogP contribution >= 0.6 is 0 Å². The number of carbonyl (C=O) groups is 1. The molecule has 0 saturated carbocycles. The maximum atomic E-state index is 12.4. The monoisotopic (exact) mass is 287 g/mol. The summed E-state index contributed by atoms with van der Waals surface area (Å²) >= 11 is 0. The fraction of sp³-hybridized carbons (Fsp3) is 0.538. The zero-order valence-corrected chi connectivity index (χ0v) is 10.9. The Kier molecular flexibility index (Phi) is 4.27. The molecular weight excluding hydrogens is 271 g/mol. The number of carbonyl (C=O) groups excluding carboxylic acids is 1. The van der Waals surface area contributed by atoms with E-state index in [-0.39, 0.29) is 12.3 Å². The molecule has 1 atom stereocenters. The summed E-state index contributed by atoms with van der Waals surface area (Å²) in [5.41, 5.74) is 5.39. The summed E-state index contributed by atoms with van der Waals surface area (Å²) < 4.78 is 37.1. The van der Waals surface area contributed by atoms with E-state index in [9.17, 15) is 18.0 Å². The minimum atomic E-state index is -4.45. The van der Waals surface area contributed by atoms with Crippen LogP contribution in [0.1, 0.15) is 24.1 Å². The highest BCUT2D eigenvalue weighted by Gasteiger charge is 2.32.